The molecule has 6 heteroatoms. The summed E-state index contributed by atoms with van der Waals surface area (Å²) < 4.78 is 30.4. The molecule has 1 atom stereocenters. The summed E-state index contributed by atoms with van der Waals surface area (Å²) in [4.78, 5) is 18.6. The largest absolute Gasteiger partial charge is 0.465 e. The number of Topliss-reactive ketones (excluding diaryl/α,β-unsaturated/α-hetero) is 1. The molecule has 0 aliphatic carbocycles. The fraction of sp³-hybridized carbons (Fsp3) is 0.750. The minimum Gasteiger partial charge on any atom is -0.465 e. The number of esters is 1. The summed E-state index contributed by atoms with van der Waals surface area (Å²) in [5.74, 6) is -2.17. The highest BCUT2D eigenvalue weighted by molar-refractivity contribution is 9.10. The van der Waals surface area contributed by atoms with Crippen molar-refractivity contribution in [3.63, 3.8) is 0 Å². The van der Waals surface area contributed by atoms with E-state index in [2.05, 4.69) is 4.74 Å². The van der Waals surface area contributed by atoms with E-state index in [9.17, 15) is 18.4 Å². The van der Waals surface area contributed by atoms with Gasteiger partial charge in [0.05, 0.1) is 6.61 Å². The molecule has 0 radical (unpaired) electrons. The molecular weight excluding hydrogens is 262 g/mol. The van der Waals surface area contributed by atoms with Gasteiger partial charge in [0.25, 0.3) is 0 Å². The lowest BCUT2D eigenvalue weighted by Gasteiger charge is -2.28. The molecule has 0 aromatic carbocycles. The van der Waals surface area contributed by atoms with Crippen LogP contribution in [0.4, 0.5) is 8.78 Å². The third-order valence-corrected chi connectivity index (χ3v) is 2.75. The summed E-state index contributed by atoms with van der Waals surface area (Å²) in [7, 11) is 0. The number of hydrogen-bond donors (Lipinski definition) is 0. The first-order valence-electron chi connectivity index (χ1n) is 3.93. The van der Waals surface area contributed by atoms with Gasteiger partial charge in [-0.05, 0) is 36.7 Å². The van der Waals surface area contributed by atoms with Crippen molar-refractivity contribution in [3.8, 4) is 0 Å². The quantitative estimate of drug-likeness (QED) is 0.447. The van der Waals surface area contributed by atoms with Crippen LogP contribution in [0.25, 0.3) is 0 Å². The Balaban J connectivity index is 5.12. The van der Waals surface area contributed by atoms with E-state index in [-0.39, 0.29) is 6.61 Å². The molecule has 3 nitrogen and oxygen atoms in total. The van der Waals surface area contributed by atoms with Crippen molar-refractivity contribution in [1.82, 2.24) is 0 Å². The van der Waals surface area contributed by atoms with Gasteiger partial charge in [0.1, 0.15) is 0 Å². The Hall–Kier alpha value is -0.520. The van der Waals surface area contributed by atoms with Crippen LogP contribution in [0.1, 0.15) is 20.8 Å². The van der Waals surface area contributed by atoms with Crippen molar-refractivity contribution in [2.75, 3.05) is 6.61 Å². The molecule has 0 aromatic heterocycles. The van der Waals surface area contributed by atoms with Gasteiger partial charge in [-0.1, -0.05) is 0 Å². The molecule has 1 unspecified atom stereocenters. The first-order chi connectivity index (χ1) is 6.17. The Bertz CT molecular complexity index is 249. The number of alkyl halides is 3. The van der Waals surface area contributed by atoms with E-state index in [0.717, 1.165) is 13.8 Å². The predicted octanol–water partition coefficient (Wildman–Crippen LogP) is 2.13. The lowest BCUT2D eigenvalue weighted by atomic mass is 9.87. The minimum absolute atomic E-state index is 0.0508. The Kier molecular flexibility index (Phi) is 4.17. The summed E-state index contributed by atoms with van der Waals surface area (Å²) >= 11 is 2.02. The van der Waals surface area contributed by atoms with Crippen molar-refractivity contribution in [2.24, 2.45) is 5.41 Å². The van der Waals surface area contributed by atoms with Crippen LogP contribution in [-0.4, -0.2) is 23.2 Å². The third kappa shape index (κ3) is 2.29. The van der Waals surface area contributed by atoms with E-state index in [0.29, 0.717) is 0 Å². The molecule has 0 aromatic rings. The van der Waals surface area contributed by atoms with E-state index >= 15 is 0 Å². The zero-order valence-corrected chi connectivity index (χ0v) is 9.65. The molecule has 0 aliphatic heterocycles. The molecule has 0 saturated heterocycles. The van der Waals surface area contributed by atoms with Crippen LogP contribution in [0.3, 0.4) is 0 Å². The average Bonchev–Trinajstić information content (AvgIpc) is 2.00. The lowest BCUT2D eigenvalue weighted by Crippen LogP contribution is -2.48. The van der Waals surface area contributed by atoms with E-state index in [1.165, 1.54) is 6.92 Å². The maximum atomic E-state index is 13.0. The predicted molar refractivity (Wildman–Crippen MR) is 49.3 cm³/mol. The van der Waals surface area contributed by atoms with Crippen LogP contribution in [0.2, 0.25) is 0 Å². The van der Waals surface area contributed by atoms with Crippen LogP contribution in [0, 0.1) is 5.41 Å². The molecule has 14 heavy (non-hydrogen) atoms. The normalized spacial score (nSPS) is 15.9. The van der Waals surface area contributed by atoms with E-state index in [1.807, 2.05) is 15.9 Å². The van der Waals surface area contributed by atoms with Crippen LogP contribution in [0.15, 0.2) is 0 Å². The number of carbonyl (C=O) groups excluding carboxylic acids is 2. The number of rotatable bonds is 4. The van der Waals surface area contributed by atoms with Gasteiger partial charge in [-0.15, -0.1) is 0 Å². The van der Waals surface area contributed by atoms with Gasteiger partial charge in [-0.25, -0.2) is 0 Å². The van der Waals surface area contributed by atoms with E-state index < -0.39 is 22.0 Å². The molecule has 0 rings (SSSR count). The summed E-state index contributed by atoms with van der Waals surface area (Å²) in [6, 6.07) is 0. The van der Waals surface area contributed by atoms with Crippen LogP contribution in [-0.2, 0) is 14.3 Å². The molecule has 0 amide bonds. The van der Waals surface area contributed by atoms with Gasteiger partial charge < -0.3 is 4.74 Å². The minimum atomic E-state index is -3.61. The molecule has 0 heterocycles. The van der Waals surface area contributed by atoms with E-state index in [1.54, 1.807) is 0 Å². The molecule has 0 fully saturated rings. The topological polar surface area (TPSA) is 43.4 Å². The van der Waals surface area contributed by atoms with Gasteiger partial charge in [-0.2, -0.15) is 8.78 Å². The number of halogens is 3. The van der Waals surface area contributed by atoms with Crippen molar-refractivity contribution in [1.29, 1.82) is 0 Å². The second-order valence-electron chi connectivity index (χ2n) is 2.90. The van der Waals surface area contributed by atoms with Crippen LogP contribution < -0.4 is 0 Å². The fourth-order valence-corrected chi connectivity index (χ4v) is 1.18. The Morgan fingerprint density at radius 1 is 1.43 bits per heavy atom. The molecule has 0 saturated carbocycles. The highest BCUT2D eigenvalue weighted by Crippen LogP contribution is 2.43. The van der Waals surface area contributed by atoms with Crippen LogP contribution in [0.5, 0.6) is 0 Å². The number of ether oxygens (including phenoxy) is 1. The van der Waals surface area contributed by atoms with Gasteiger partial charge in [0.15, 0.2) is 11.2 Å². The van der Waals surface area contributed by atoms with Crippen molar-refractivity contribution in [2.45, 2.75) is 25.6 Å². The smallest absolute Gasteiger partial charge is 0.326 e. The molecular formula is C8H11BrF2O3. The number of ketones is 1. The van der Waals surface area contributed by atoms with Gasteiger partial charge in [-0.3, -0.25) is 9.59 Å². The number of carbonyl (C=O) groups is 2. The summed E-state index contributed by atoms with van der Waals surface area (Å²) in [5, 5.41) is 0. The summed E-state index contributed by atoms with van der Waals surface area (Å²) in [6.45, 7) is 3.20. The zero-order valence-electron chi connectivity index (χ0n) is 8.07. The standard InChI is InChI=1S/C8H11BrF2O3/c1-4-14-6(13)7(3,5(2)12)8(9,10)11/h4H2,1-3H3. The van der Waals surface area contributed by atoms with Gasteiger partial charge in [0.2, 0.25) is 0 Å². The molecule has 82 valence electrons. The fourth-order valence-electron chi connectivity index (χ4n) is 0.734. The van der Waals surface area contributed by atoms with Crippen molar-refractivity contribution in [3.05, 3.63) is 0 Å². The first-order valence-corrected chi connectivity index (χ1v) is 4.72. The van der Waals surface area contributed by atoms with Crippen molar-refractivity contribution >= 4 is 27.7 Å². The van der Waals surface area contributed by atoms with Crippen molar-refractivity contribution < 1.29 is 23.1 Å². The van der Waals surface area contributed by atoms with E-state index in [4.69, 9.17) is 0 Å². The summed E-state index contributed by atoms with van der Waals surface area (Å²) in [5.41, 5.74) is -2.47. The molecule has 0 bridgehead atoms. The van der Waals surface area contributed by atoms with Gasteiger partial charge >= 0.3 is 10.8 Å². The molecule has 0 aliphatic rings. The monoisotopic (exact) mass is 272 g/mol. The SMILES string of the molecule is CCOC(=O)C(C)(C(C)=O)C(F)(F)Br. The maximum Gasteiger partial charge on any atom is 0.326 e. The highest BCUT2D eigenvalue weighted by atomic mass is 79.9. The maximum absolute atomic E-state index is 13.0. The Morgan fingerprint density at radius 3 is 2.07 bits per heavy atom. The molecule has 0 N–H and O–H groups in total. The Morgan fingerprint density at radius 2 is 1.86 bits per heavy atom. The lowest BCUT2D eigenvalue weighted by molar-refractivity contribution is -0.171. The van der Waals surface area contributed by atoms with Gasteiger partial charge in [0, 0.05) is 0 Å². The first kappa shape index (κ1) is 13.5. The zero-order chi connectivity index (χ0) is 11.6. The average molecular weight is 273 g/mol. The number of hydrogen-bond acceptors (Lipinski definition) is 3. The highest BCUT2D eigenvalue weighted by Gasteiger charge is 2.58. The molecule has 0 spiro atoms. The van der Waals surface area contributed by atoms with Crippen LogP contribution >= 0.6 is 15.9 Å². The second-order valence-corrected chi connectivity index (χ2v) is 3.90. The second kappa shape index (κ2) is 4.33. The summed E-state index contributed by atoms with van der Waals surface area (Å²) in [6.07, 6.45) is 0. The third-order valence-electron chi connectivity index (χ3n) is 1.95. The Labute approximate surface area is 88.9 Å².